The number of halogens is 4. The summed E-state index contributed by atoms with van der Waals surface area (Å²) in [5, 5.41) is 3.05. The van der Waals surface area contributed by atoms with E-state index in [0.717, 1.165) is 16.5 Å². The van der Waals surface area contributed by atoms with Gasteiger partial charge in [0.15, 0.2) is 10.8 Å². The molecule has 0 atom stereocenters. The minimum atomic E-state index is -4.55. The molecule has 1 N–H and O–H groups in total. The van der Waals surface area contributed by atoms with Gasteiger partial charge < -0.3 is 0 Å². The van der Waals surface area contributed by atoms with Crippen molar-refractivity contribution in [3.8, 4) is 11.1 Å². The van der Waals surface area contributed by atoms with Crippen LogP contribution in [0.3, 0.4) is 0 Å². The third kappa shape index (κ3) is 4.03. The molecule has 0 unspecified atom stereocenters. The molecule has 3 nitrogen and oxygen atoms in total. The molecule has 3 aromatic rings. The first-order valence-corrected chi connectivity index (χ1v) is 7.91. The zero-order valence-electron chi connectivity index (χ0n) is 12.5. The Labute approximate surface area is 144 Å². The number of rotatable bonds is 3. The van der Waals surface area contributed by atoms with E-state index in [1.807, 2.05) is 0 Å². The quantitative estimate of drug-likeness (QED) is 0.646. The Bertz CT molecular complexity index is 886. The molecule has 0 aliphatic rings. The van der Waals surface area contributed by atoms with Gasteiger partial charge in [-0.1, -0.05) is 24.3 Å². The van der Waals surface area contributed by atoms with Crippen LogP contribution in [0.5, 0.6) is 0 Å². The van der Waals surface area contributed by atoms with Crippen LogP contribution >= 0.6 is 11.3 Å². The predicted molar refractivity (Wildman–Crippen MR) is 86.9 cm³/mol. The Morgan fingerprint density at radius 2 is 1.52 bits per heavy atom. The smallest absolute Gasteiger partial charge is 0.298 e. The number of carbonyl (C=O) groups is 1. The van der Waals surface area contributed by atoms with Crippen molar-refractivity contribution in [2.24, 2.45) is 0 Å². The molecule has 2 aromatic carbocycles. The van der Waals surface area contributed by atoms with Crippen LogP contribution in [0, 0.1) is 5.82 Å². The predicted octanol–water partition coefficient (Wildman–Crippen LogP) is 5.22. The Morgan fingerprint density at radius 3 is 2.04 bits per heavy atom. The molecule has 0 radical (unpaired) electrons. The SMILES string of the molecule is O=C(Nc1nc(C(F)(F)F)cs1)c1ccc(-c2ccc(F)cc2)cc1. The zero-order chi connectivity index (χ0) is 18.0. The van der Waals surface area contributed by atoms with E-state index in [-0.39, 0.29) is 16.5 Å². The molecule has 0 saturated carbocycles. The van der Waals surface area contributed by atoms with Crippen molar-refractivity contribution >= 4 is 22.4 Å². The maximum Gasteiger partial charge on any atom is 0.434 e. The van der Waals surface area contributed by atoms with E-state index in [0.29, 0.717) is 11.3 Å². The molecular weight excluding hydrogens is 356 g/mol. The first-order chi connectivity index (χ1) is 11.8. The van der Waals surface area contributed by atoms with Crippen LogP contribution in [-0.2, 0) is 6.18 Å². The number of benzene rings is 2. The fourth-order valence-electron chi connectivity index (χ4n) is 2.09. The van der Waals surface area contributed by atoms with Gasteiger partial charge in [0.05, 0.1) is 0 Å². The van der Waals surface area contributed by atoms with Crippen molar-refractivity contribution in [1.82, 2.24) is 4.98 Å². The number of carbonyl (C=O) groups excluding carboxylic acids is 1. The van der Waals surface area contributed by atoms with E-state index < -0.39 is 17.8 Å². The van der Waals surface area contributed by atoms with E-state index in [4.69, 9.17) is 0 Å². The summed E-state index contributed by atoms with van der Waals surface area (Å²) in [6, 6.07) is 12.3. The van der Waals surface area contributed by atoms with Crippen LogP contribution in [0.1, 0.15) is 16.1 Å². The molecule has 0 aliphatic heterocycles. The number of nitrogens with one attached hydrogen (secondary N) is 1. The van der Waals surface area contributed by atoms with E-state index in [1.54, 1.807) is 24.3 Å². The summed E-state index contributed by atoms with van der Waals surface area (Å²) in [5.74, 6) is -0.907. The van der Waals surface area contributed by atoms with Crippen LogP contribution in [0.15, 0.2) is 53.9 Å². The molecule has 128 valence electrons. The van der Waals surface area contributed by atoms with E-state index in [9.17, 15) is 22.4 Å². The molecule has 0 spiro atoms. The number of thiazole rings is 1. The van der Waals surface area contributed by atoms with Gasteiger partial charge >= 0.3 is 6.18 Å². The second-order valence-corrected chi connectivity index (χ2v) is 5.93. The van der Waals surface area contributed by atoms with Gasteiger partial charge in [0.1, 0.15) is 5.82 Å². The maximum atomic E-state index is 12.9. The van der Waals surface area contributed by atoms with Gasteiger partial charge in [-0.2, -0.15) is 13.2 Å². The van der Waals surface area contributed by atoms with Crippen LogP contribution in [0.4, 0.5) is 22.7 Å². The van der Waals surface area contributed by atoms with Gasteiger partial charge in [0.25, 0.3) is 5.91 Å². The summed E-state index contributed by atoms with van der Waals surface area (Å²) in [7, 11) is 0. The van der Waals surface area contributed by atoms with Gasteiger partial charge in [0.2, 0.25) is 0 Å². The average molecular weight is 366 g/mol. The molecule has 0 saturated heterocycles. The molecule has 8 heteroatoms. The monoisotopic (exact) mass is 366 g/mol. The Kier molecular flexibility index (Phi) is 4.54. The maximum absolute atomic E-state index is 12.9. The number of hydrogen-bond acceptors (Lipinski definition) is 3. The highest BCUT2D eigenvalue weighted by Gasteiger charge is 2.33. The molecule has 25 heavy (non-hydrogen) atoms. The second kappa shape index (κ2) is 6.64. The summed E-state index contributed by atoms with van der Waals surface area (Å²) in [6.45, 7) is 0. The van der Waals surface area contributed by atoms with Crippen LogP contribution in [0.25, 0.3) is 11.1 Å². The highest BCUT2D eigenvalue weighted by atomic mass is 32.1. The lowest BCUT2D eigenvalue weighted by molar-refractivity contribution is -0.140. The first-order valence-electron chi connectivity index (χ1n) is 7.03. The van der Waals surface area contributed by atoms with Gasteiger partial charge in [-0.3, -0.25) is 10.1 Å². The number of nitrogens with zero attached hydrogens (tertiary/aromatic N) is 1. The Morgan fingerprint density at radius 1 is 0.960 bits per heavy atom. The summed E-state index contributed by atoms with van der Waals surface area (Å²) >= 11 is 0.702. The molecule has 0 fully saturated rings. The summed E-state index contributed by atoms with van der Waals surface area (Å²) in [6.07, 6.45) is -4.55. The Hall–Kier alpha value is -2.74. The molecule has 1 aromatic heterocycles. The van der Waals surface area contributed by atoms with Crippen molar-refractivity contribution in [2.45, 2.75) is 6.18 Å². The fourth-order valence-corrected chi connectivity index (χ4v) is 2.80. The Balaban J connectivity index is 1.72. The highest BCUT2D eigenvalue weighted by molar-refractivity contribution is 7.14. The number of alkyl halides is 3. The molecule has 1 heterocycles. The summed E-state index contributed by atoms with van der Waals surface area (Å²) in [5.41, 5.74) is 0.794. The third-order valence-corrected chi connectivity index (χ3v) is 4.10. The van der Waals surface area contributed by atoms with E-state index in [1.165, 1.54) is 24.3 Å². The molecule has 0 bridgehead atoms. The standard InChI is InChI=1S/C17H10F4N2OS/c18-13-7-5-11(6-8-13)10-1-3-12(4-2-10)15(24)23-16-22-14(9-25-16)17(19,20)21/h1-9H,(H,22,23,24). The van der Waals surface area contributed by atoms with Gasteiger partial charge in [-0.25, -0.2) is 9.37 Å². The number of anilines is 1. The molecule has 3 rings (SSSR count). The molecular formula is C17H10F4N2OS. The van der Waals surface area contributed by atoms with Gasteiger partial charge in [-0.05, 0) is 35.4 Å². The lowest BCUT2D eigenvalue weighted by Crippen LogP contribution is -2.12. The average Bonchev–Trinajstić information content (AvgIpc) is 3.04. The number of aromatic nitrogens is 1. The van der Waals surface area contributed by atoms with Crippen molar-refractivity contribution in [3.63, 3.8) is 0 Å². The van der Waals surface area contributed by atoms with Crippen LogP contribution in [-0.4, -0.2) is 10.9 Å². The lowest BCUT2D eigenvalue weighted by atomic mass is 10.0. The van der Waals surface area contributed by atoms with Crippen molar-refractivity contribution in [2.75, 3.05) is 5.32 Å². The summed E-state index contributed by atoms with van der Waals surface area (Å²) < 4.78 is 50.4. The highest BCUT2D eigenvalue weighted by Crippen LogP contribution is 2.31. The number of amides is 1. The van der Waals surface area contributed by atoms with E-state index >= 15 is 0 Å². The normalized spacial score (nSPS) is 11.4. The van der Waals surface area contributed by atoms with Gasteiger partial charge in [-0.15, -0.1) is 11.3 Å². The minimum absolute atomic E-state index is 0.125. The van der Waals surface area contributed by atoms with E-state index in [2.05, 4.69) is 10.3 Å². The number of hydrogen-bond donors (Lipinski definition) is 1. The van der Waals surface area contributed by atoms with Crippen molar-refractivity contribution in [3.05, 3.63) is 71.0 Å². The van der Waals surface area contributed by atoms with Crippen molar-refractivity contribution < 1.29 is 22.4 Å². The van der Waals surface area contributed by atoms with Crippen LogP contribution < -0.4 is 5.32 Å². The molecule has 0 aliphatic carbocycles. The van der Waals surface area contributed by atoms with Crippen LogP contribution in [0.2, 0.25) is 0 Å². The van der Waals surface area contributed by atoms with Crippen molar-refractivity contribution in [1.29, 1.82) is 0 Å². The topological polar surface area (TPSA) is 42.0 Å². The van der Waals surface area contributed by atoms with Gasteiger partial charge in [0, 0.05) is 10.9 Å². The summed E-state index contributed by atoms with van der Waals surface area (Å²) in [4.78, 5) is 15.4. The second-order valence-electron chi connectivity index (χ2n) is 5.07. The molecule has 1 amide bonds. The zero-order valence-corrected chi connectivity index (χ0v) is 13.3. The lowest BCUT2D eigenvalue weighted by Gasteiger charge is -2.05. The largest absolute Gasteiger partial charge is 0.434 e. The minimum Gasteiger partial charge on any atom is -0.298 e. The fraction of sp³-hybridized carbons (Fsp3) is 0.0588. The first kappa shape index (κ1) is 17.1. The third-order valence-electron chi connectivity index (χ3n) is 3.34.